The monoisotopic (exact) mass is 274 g/mol. The maximum absolute atomic E-state index is 12.5. The second-order valence-corrected chi connectivity index (χ2v) is 5.54. The number of anilines is 1. The largest absolute Gasteiger partial charge is 0.313 e. The Kier molecular flexibility index (Phi) is 5.60. The van der Waals surface area contributed by atoms with Crippen LogP contribution in [0.1, 0.15) is 57.1 Å². The Labute approximate surface area is 122 Å². The van der Waals surface area contributed by atoms with Gasteiger partial charge < -0.3 is 10.2 Å². The molecule has 0 saturated heterocycles. The molecule has 0 bridgehead atoms. The van der Waals surface area contributed by atoms with Gasteiger partial charge in [0.1, 0.15) is 0 Å². The molecule has 0 aliphatic carbocycles. The summed E-state index contributed by atoms with van der Waals surface area (Å²) >= 11 is 0. The molecule has 1 aromatic carbocycles. The number of para-hydroxylation sites is 1. The van der Waals surface area contributed by atoms with E-state index in [0.717, 1.165) is 44.3 Å². The Morgan fingerprint density at radius 3 is 2.90 bits per heavy atom. The number of carbonyl (C=O) groups excluding carboxylic acids is 1. The molecule has 1 N–H and O–H groups in total. The first-order chi connectivity index (χ1) is 9.77. The Hall–Kier alpha value is -1.35. The van der Waals surface area contributed by atoms with Crippen molar-refractivity contribution in [1.29, 1.82) is 0 Å². The first-order valence-corrected chi connectivity index (χ1v) is 7.84. The molecule has 0 spiro atoms. The summed E-state index contributed by atoms with van der Waals surface area (Å²) in [4.78, 5) is 14.5. The van der Waals surface area contributed by atoms with Crippen molar-refractivity contribution in [1.82, 2.24) is 5.32 Å². The fourth-order valence-electron chi connectivity index (χ4n) is 2.98. The van der Waals surface area contributed by atoms with Gasteiger partial charge in [-0.05, 0) is 37.9 Å². The van der Waals surface area contributed by atoms with Gasteiger partial charge in [0.15, 0.2) is 0 Å². The number of nitrogens with zero attached hydrogens (tertiary/aromatic N) is 1. The highest BCUT2D eigenvalue weighted by molar-refractivity contribution is 5.94. The average molecular weight is 274 g/mol. The number of nitrogens with one attached hydrogen (secondary N) is 1. The van der Waals surface area contributed by atoms with Crippen molar-refractivity contribution in [2.45, 2.75) is 51.5 Å². The predicted octanol–water partition coefficient (Wildman–Crippen LogP) is 3.65. The normalized spacial score (nSPS) is 18.5. The molecule has 1 heterocycles. The Morgan fingerprint density at radius 1 is 1.35 bits per heavy atom. The molecule has 3 heteroatoms. The zero-order chi connectivity index (χ0) is 14.4. The first-order valence-electron chi connectivity index (χ1n) is 7.84. The van der Waals surface area contributed by atoms with Crippen LogP contribution in [-0.4, -0.2) is 19.5 Å². The van der Waals surface area contributed by atoms with E-state index in [0.29, 0.717) is 12.5 Å². The van der Waals surface area contributed by atoms with Crippen molar-refractivity contribution in [3.8, 4) is 0 Å². The quantitative estimate of drug-likeness (QED) is 0.831. The molecule has 1 unspecified atom stereocenters. The summed E-state index contributed by atoms with van der Waals surface area (Å²) < 4.78 is 0. The van der Waals surface area contributed by atoms with Gasteiger partial charge in [-0.3, -0.25) is 4.79 Å². The topological polar surface area (TPSA) is 32.3 Å². The van der Waals surface area contributed by atoms with E-state index in [1.165, 1.54) is 5.56 Å². The molecule has 0 aromatic heterocycles. The highest BCUT2D eigenvalue weighted by atomic mass is 16.2. The van der Waals surface area contributed by atoms with Crippen LogP contribution in [0, 0.1) is 0 Å². The SMILES string of the molecule is CCCCCC(=O)N1CCCC(NC)c2ccccc21. The number of hydrogen-bond acceptors (Lipinski definition) is 2. The molecule has 110 valence electrons. The van der Waals surface area contributed by atoms with Gasteiger partial charge in [0, 0.05) is 24.7 Å². The van der Waals surface area contributed by atoms with Crippen molar-refractivity contribution < 1.29 is 4.79 Å². The summed E-state index contributed by atoms with van der Waals surface area (Å²) in [5.41, 5.74) is 2.36. The summed E-state index contributed by atoms with van der Waals surface area (Å²) in [5.74, 6) is 0.280. The second-order valence-electron chi connectivity index (χ2n) is 5.54. The van der Waals surface area contributed by atoms with E-state index in [1.54, 1.807) is 0 Å². The van der Waals surface area contributed by atoms with Crippen LogP contribution in [0.2, 0.25) is 0 Å². The van der Waals surface area contributed by atoms with Crippen LogP contribution in [0.15, 0.2) is 24.3 Å². The molecule has 1 amide bonds. The zero-order valence-corrected chi connectivity index (χ0v) is 12.7. The minimum Gasteiger partial charge on any atom is -0.313 e. The molecule has 3 nitrogen and oxygen atoms in total. The third kappa shape index (κ3) is 3.40. The van der Waals surface area contributed by atoms with Crippen molar-refractivity contribution in [3.63, 3.8) is 0 Å². The van der Waals surface area contributed by atoms with Gasteiger partial charge in [0.05, 0.1) is 0 Å². The van der Waals surface area contributed by atoms with Crippen molar-refractivity contribution >= 4 is 11.6 Å². The van der Waals surface area contributed by atoms with E-state index in [2.05, 4.69) is 30.4 Å². The number of unbranched alkanes of at least 4 members (excludes halogenated alkanes) is 2. The van der Waals surface area contributed by atoms with Gasteiger partial charge in [0.2, 0.25) is 5.91 Å². The van der Waals surface area contributed by atoms with Gasteiger partial charge >= 0.3 is 0 Å². The average Bonchev–Trinajstić information content (AvgIpc) is 2.66. The van der Waals surface area contributed by atoms with Crippen LogP contribution in [-0.2, 0) is 4.79 Å². The lowest BCUT2D eigenvalue weighted by molar-refractivity contribution is -0.118. The standard InChI is InChI=1S/C17H26N2O/c1-3-4-5-12-17(20)19-13-8-10-15(18-2)14-9-6-7-11-16(14)19/h6-7,9,11,15,18H,3-5,8,10,12-13H2,1-2H3. The fraction of sp³-hybridized carbons (Fsp3) is 0.588. The molecule has 0 fully saturated rings. The molecule has 2 rings (SSSR count). The maximum Gasteiger partial charge on any atom is 0.226 e. The first kappa shape index (κ1) is 15.0. The lowest BCUT2D eigenvalue weighted by atomic mass is 10.0. The molecule has 20 heavy (non-hydrogen) atoms. The van der Waals surface area contributed by atoms with Crippen molar-refractivity contribution in [2.75, 3.05) is 18.5 Å². The van der Waals surface area contributed by atoms with Crippen LogP contribution in [0.3, 0.4) is 0 Å². The minimum absolute atomic E-state index is 0.280. The lowest BCUT2D eigenvalue weighted by Gasteiger charge is -2.24. The Morgan fingerprint density at radius 2 is 2.15 bits per heavy atom. The summed E-state index contributed by atoms with van der Waals surface area (Å²) in [5, 5.41) is 3.37. The van der Waals surface area contributed by atoms with Crippen LogP contribution >= 0.6 is 0 Å². The molecular weight excluding hydrogens is 248 g/mol. The molecular formula is C17H26N2O. The third-order valence-electron chi connectivity index (χ3n) is 4.12. The molecule has 1 aliphatic heterocycles. The maximum atomic E-state index is 12.5. The smallest absolute Gasteiger partial charge is 0.226 e. The second kappa shape index (κ2) is 7.44. The predicted molar refractivity (Wildman–Crippen MR) is 84.0 cm³/mol. The van der Waals surface area contributed by atoms with E-state index < -0.39 is 0 Å². The van der Waals surface area contributed by atoms with E-state index >= 15 is 0 Å². The van der Waals surface area contributed by atoms with Gasteiger partial charge in [-0.1, -0.05) is 38.0 Å². The molecule has 0 saturated carbocycles. The Balaban J connectivity index is 2.18. The number of amides is 1. The summed E-state index contributed by atoms with van der Waals surface area (Å²) in [7, 11) is 2.00. The molecule has 0 radical (unpaired) electrons. The molecule has 1 aromatic rings. The third-order valence-corrected chi connectivity index (χ3v) is 4.12. The summed E-state index contributed by atoms with van der Waals surface area (Å²) in [6.07, 6.45) is 6.12. The number of fused-ring (bicyclic) bond motifs is 1. The fourth-order valence-corrected chi connectivity index (χ4v) is 2.98. The van der Waals surface area contributed by atoms with E-state index in [4.69, 9.17) is 0 Å². The van der Waals surface area contributed by atoms with Crippen molar-refractivity contribution in [3.05, 3.63) is 29.8 Å². The highest BCUT2D eigenvalue weighted by Gasteiger charge is 2.24. The number of benzene rings is 1. The van der Waals surface area contributed by atoms with Gasteiger partial charge in [-0.25, -0.2) is 0 Å². The van der Waals surface area contributed by atoms with E-state index in [-0.39, 0.29) is 5.91 Å². The van der Waals surface area contributed by atoms with E-state index in [9.17, 15) is 4.79 Å². The van der Waals surface area contributed by atoms with Gasteiger partial charge in [0.25, 0.3) is 0 Å². The van der Waals surface area contributed by atoms with Gasteiger partial charge in [-0.2, -0.15) is 0 Å². The minimum atomic E-state index is 0.280. The summed E-state index contributed by atoms with van der Waals surface area (Å²) in [6.45, 7) is 3.02. The van der Waals surface area contributed by atoms with Crippen LogP contribution in [0.25, 0.3) is 0 Å². The van der Waals surface area contributed by atoms with Crippen LogP contribution < -0.4 is 10.2 Å². The Bertz CT molecular complexity index is 444. The number of rotatable bonds is 5. The molecule has 1 atom stereocenters. The number of hydrogen-bond donors (Lipinski definition) is 1. The highest BCUT2D eigenvalue weighted by Crippen LogP contribution is 2.33. The lowest BCUT2D eigenvalue weighted by Crippen LogP contribution is -2.31. The summed E-state index contributed by atoms with van der Waals surface area (Å²) in [6, 6.07) is 8.69. The number of carbonyl (C=O) groups is 1. The van der Waals surface area contributed by atoms with Gasteiger partial charge in [-0.15, -0.1) is 0 Å². The van der Waals surface area contributed by atoms with Crippen LogP contribution in [0.5, 0.6) is 0 Å². The zero-order valence-electron chi connectivity index (χ0n) is 12.7. The van der Waals surface area contributed by atoms with Crippen molar-refractivity contribution in [2.24, 2.45) is 0 Å². The van der Waals surface area contributed by atoms with E-state index in [1.807, 2.05) is 18.0 Å². The molecule has 1 aliphatic rings. The van der Waals surface area contributed by atoms with Crippen LogP contribution in [0.4, 0.5) is 5.69 Å².